The number of halogens is 1. The Kier molecular flexibility index (Phi) is 4.45. The third kappa shape index (κ3) is 3.02. The molecule has 2 aromatic rings. The zero-order valence-corrected chi connectivity index (χ0v) is 11.6. The van der Waals surface area contributed by atoms with E-state index in [1.807, 2.05) is 17.9 Å². The number of hydrogen-bond donors (Lipinski definition) is 1. The van der Waals surface area contributed by atoms with Crippen LogP contribution in [0.2, 0.25) is 0 Å². The van der Waals surface area contributed by atoms with E-state index in [1.165, 1.54) is 13.2 Å². The number of ether oxygens (including phenoxy) is 1. The first-order chi connectivity index (χ1) is 9.65. The second kappa shape index (κ2) is 6.28. The molecule has 1 N–H and O–H groups in total. The Balaban J connectivity index is 2.25. The number of nitrogens with zero attached hydrogens (tertiary/aromatic N) is 1. The monoisotopic (exact) mass is 275 g/mol. The van der Waals surface area contributed by atoms with E-state index in [0.717, 1.165) is 5.56 Å². The molecule has 0 amide bonds. The van der Waals surface area contributed by atoms with Crippen LogP contribution in [0.1, 0.15) is 12.5 Å². The van der Waals surface area contributed by atoms with Gasteiger partial charge in [-0.25, -0.2) is 4.39 Å². The second-order valence-corrected chi connectivity index (χ2v) is 4.47. The van der Waals surface area contributed by atoms with E-state index in [-0.39, 0.29) is 11.6 Å². The van der Waals surface area contributed by atoms with Gasteiger partial charge in [0.1, 0.15) is 5.82 Å². The molecule has 0 aliphatic rings. The lowest BCUT2D eigenvalue weighted by Gasteiger charge is -2.24. The fourth-order valence-corrected chi connectivity index (χ4v) is 2.12. The highest BCUT2D eigenvalue weighted by Gasteiger charge is 2.11. The number of para-hydroxylation sites is 1. The fourth-order valence-electron chi connectivity index (χ4n) is 2.12. The maximum absolute atomic E-state index is 13.8. The van der Waals surface area contributed by atoms with Crippen molar-refractivity contribution in [2.24, 2.45) is 0 Å². The highest BCUT2D eigenvalue weighted by atomic mass is 19.1. The van der Waals surface area contributed by atoms with Crippen LogP contribution in [0.25, 0.3) is 0 Å². The smallest absolute Gasteiger partial charge is 0.160 e. The van der Waals surface area contributed by atoms with Crippen molar-refractivity contribution in [3.8, 4) is 11.5 Å². The van der Waals surface area contributed by atoms with Crippen molar-refractivity contribution in [2.45, 2.75) is 13.5 Å². The van der Waals surface area contributed by atoms with E-state index in [0.29, 0.717) is 24.5 Å². The summed E-state index contributed by atoms with van der Waals surface area (Å²) in [7, 11) is 1.51. The van der Waals surface area contributed by atoms with Crippen LogP contribution in [0, 0.1) is 5.82 Å². The van der Waals surface area contributed by atoms with Crippen molar-refractivity contribution in [3.05, 3.63) is 53.8 Å². The molecule has 0 unspecified atom stereocenters. The standard InChI is InChI=1S/C16H18FNO2/c1-3-18(14-7-5-4-6-13(14)17)11-12-8-9-15(19)16(10-12)20-2/h4-10,19H,3,11H2,1-2H3. The van der Waals surface area contributed by atoms with Crippen molar-refractivity contribution < 1.29 is 14.2 Å². The van der Waals surface area contributed by atoms with Gasteiger partial charge in [-0.1, -0.05) is 18.2 Å². The molecular formula is C16H18FNO2. The third-order valence-corrected chi connectivity index (χ3v) is 3.19. The van der Waals surface area contributed by atoms with Crippen LogP contribution in [0.5, 0.6) is 11.5 Å². The Labute approximate surface area is 118 Å². The number of methoxy groups -OCH3 is 1. The predicted octanol–water partition coefficient (Wildman–Crippen LogP) is 3.57. The van der Waals surface area contributed by atoms with Crippen molar-refractivity contribution in [1.82, 2.24) is 0 Å². The zero-order valence-electron chi connectivity index (χ0n) is 11.6. The zero-order chi connectivity index (χ0) is 14.5. The number of phenolic OH excluding ortho intramolecular Hbond substituents is 1. The Morgan fingerprint density at radius 3 is 2.60 bits per heavy atom. The van der Waals surface area contributed by atoms with Gasteiger partial charge in [-0.05, 0) is 36.8 Å². The molecule has 0 saturated heterocycles. The first-order valence-electron chi connectivity index (χ1n) is 6.51. The van der Waals surface area contributed by atoms with Gasteiger partial charge in [0.05, 0.1) is 12.8 Å². The van der Waals surface area contributed by atoms with E-state index in [1.54, 1.807) is 30.3 Å². The number of phenols is 1. The first-order valence-corrected chi connectivity index (χ1v) is 6.51. The molecular weight excluding hydrogens is 257 g/mol. The lowest BCUT2D eigenvalue weighted by atomic mass is 10.1. The van der Waals surface area contributed by atoms with Gasteiger partial charge >= 0.3 is 0 Å². The van der Waals surface area contributed by atoms with Crippen LogP contribution < -0.4 is 9.64 Å². The molecule has 0 fully saturated rings. The molecule has 0 heterocycles. The van der Waals surface area contributed by atoms with Crippen LogP contribution in [0.4, 0.5) is 10.1 Å². The van der Waals surface area contributed by atoms with E-state index < -0.39 is 0 Å². The minimum Gasteiger partial charge on any atom is -0.504 e. The first kappa shape index (κ1) is 14.2. The van der Waals surface area contributed by atoms with E-state index in [4.69, 9.17) is 4.74 Å². The molecule has 0 radical (unpaired) electrons. The molecule has 0 aliphatic heterocycles. The Bertz CT molecular complexity index is 586. The van der Waals surface area contributed by atoms with Crippen LogP contribution in [-0.2, 0) is 6.54 Å². The Morgan fingerprint density at radius 2 is 1.95 bits per heavy atom. The fraction of sp³-hybridized carbons (Fsp3) is 0.250. The van der Waals surface area contributed by atoms with Crippen LogP contribution in [0.3, 0.4) is 0 Å². The average molecular weight is 275 g/mol. The second-order valence-electron chi connectivity index (χ2n) is 4.47. The van der Waals surface area contributed by atoms with E-state index in [9.17, 15) is 9.50 Å². The topological polar surface area (TPSA) is 32.7 Å². The Morgan fingerprint density at radius 1 is 1.20 bits per heavy atom. The van der Waals surface area contributed by atoms with Gasteiger partial charge in [0, 0.05) is 13.1 Å². The summed E-state index contributed by atoms with van der Waals surface area (Å²) in [6, 6.07) is 11.9. The van der Waals surface area contributed by atoms with Gasteiger partial charge in [0.15, 0.2) is 11.5 Å². The average Bonchev–Trinajstić information content (AvgIpc) is 2.47. The SMILES string of the molecule is CCN(Cc1ccc(O)c(OC)c1)c1ccccc1F. The number of aromatic hydroxyl groups is 1. The van der Waals surface area contributed by atoms with Gasteiger partial charge in [-0.15, -0.1) is 0 Å². The normalized spacial score (nSPS) is 10.3. The van der Waals surface area contributed by atoms with Gasteiger partial charge in [0.2, 0.25) is 0 Å². The molecule has 2 aromatic carbocycles. The maximum atomic E-state index is 13.8. The molecule has 106 valence electrons. The van der Waals surface area contributed by atoms with E-state index >= 15 is 0 Å². The minimum atomic E-state index is -0.236. The molecule has 0 spiro atoms. The van der Waals surface area contributed by atoms with E-state index in [2.05, 4.69) is 0 Å². The third-order valence-electron chi connectivity index (χ3n) is 3.19. The van der Waals surface area contributed by atoms with Gasteiger partial charge in [-0.3, -0.25) is 0 Å². The summed E-state index contributed by atoms with van der Waals surface area (Å²) in [6.45, 7) is 3.21. The summed E-state index contributed by atoms with van der Waals surface area (Å²) in [5.74, 6) is 0.289. The minimum absolute atomic E-state index is 0.102. The number of benzene rings is 2. The predicted molar refractivity (Wildman–Crippen MR) is 77.8 cm³/mol. The highest BCUT2D eigenvalue weighted by molar-refractivity contribution is 5.49. The molecule has 0 bridgehead atoms. The summed E-state index contributed by atoms with van der Waals surface area (Å²) in [6.07, 6.45) is 0. The van der Waals surface area contributed by atoms with Crippen LogP contribution >= 0.6 is 0 Å². The van der Waals surface area contributed by atoms with Gasteiger partial charge < -0.3 is 14.7 Å². The van der Waals surface area contributed by atoms with Gasteiger partial charge in [-0.2, -0.15) is 0 Å². The molecule has 0 saturated carbocycles. The summed E-state index contributed by atoms with van der Waals surface area (Å²) >= 11 is 0. The van der Waals surface area contributed by atoms with Crippen molar-refractivity contribution in [2.75, 3.05) is 18.6 Å². The molecule has 0 aliphatic carbocycles. The maximum Gasteiger partial charge on any atom is 0.160 e. The summed E-state index contributed by atoms with van der Waals surface area (Å²) in [5, 5.41) is 9.59. The molecule has 20 heavy (non-hydrogen) atoms. The molecule has 3 nitrogen and oxygen atoms in total. The summed E-state index contributed by atoms with van der Waals surface area (Å²) < 4.78 is 18.9. The quantitative estimate of drug-likeness (QED) is 0.905. The summed E-state index contributed by atoms with van der Waals surface area (Å²) in [4.78, 5) is 1.93. The van der Waals surface area contributed by atoms with Crippen LogP contribution in [0.15, 0.2) is 42.5 Å². The van der Waals surface area contributed by atoms with Crippen molar-refractivity contribution in [3.63, 3.8) is 0 Å². The lowest BCUT2D eigenvalue weighted by Crippen LogP contribution is -2.23. The molecule has 0 aromatic heterocycles. The van der Waals surface area contributed by atoms with Crippen molar-refractivity contribution in [1.29, 1.82) is 0 Å². The Hall–Kier alpha value is -2.23. The molecule has 2 rings (SSSR count). The van der Waals surface area contributed by atoms with Crippen LogP contribution in [-0.4, -0.2) is 18.8 Å². The molecule has 4 heteroatoms. The highest BCUT2D eigenvalue weighted by Crippen LogP contribution is 2.28. The number of rotatable bonds is 5. The number of anilines is 1. The van der Waals surface area contributed by atoms with Crippen molar-refractivity contribution >= 4 is 5.69 Å². The lowest BCUT2D eigenvalue weighted by molar-refractivity contribution is 0.373. The number of hydrogen-bond acceptors (Lipinski definition) is 3. The van der Waals surface area contributed by atoms with Gasteiger partial charge in [0.25, 0.3) is 0 Å². The molecule has 0 atom stereocenters. The summed E-state index contributed by atoms with van der Waals surface area (Å²) in [5.41, 5.74) is 1.52. The largest absolute Gasteiger partial charge is 0.504 e.